The molecule has 0 spiro atoms. The van der Waals surface area contributed by atoms with E-state index in [4.69, 9.17) is 4.74 Å². The van der Waals surface area contributed by atoms with Gasteiger partial charge in [0.2, 0.25) is 5.88 Å². The minimum atomic E-state index is -0.848. The zero-order chi connectivity index (χ0) is 11.6. The molecule has 88 valence electrons. The molecule has 0 saturated carbocycles. The van der Waals surface area contributed by atoms with Crippen LogP contribution in [0.2, 0.25) is 0 Å². The first-order valence-corrected chi connectivity index (χ1v) is 5.61. The van der Waals surface area contributed by atoms with E-state index in [-0.39, 0.29) is 0 Å². The Morgan fingerprint density at radius 3 is 2.94 bits per heavy atom. The summed E-state index contributed by atoms with van der Waals surface area (Å²) >= 11 is 0. The van der Waals surface area contributed by atoms with E-state index in [1.54, 1.807) is 7.11 Å². The number of pyridine rings is 1. The highest BCUT2D eigenvalue weighted by Crippen LogP contribution is 2.28. The number of aryl methyl sites for hydroxylation is 1. The van der Waals surface area contributed by atoms with E-state index < -0.39 is 5.60 Å². The summed E-state index contributed by atoms with van der Waals surface area (Å²) in [5.41, 5.74) is 0.833. The molecule has 1 saturated heterocycles. The highest BCUT2D eigenvalue weighted by molar-refractivity contribution is 5.29. The van der Waals surface area contributed by atoms with Gasteiger partial charge in [-0.05, 0) is 32.4 Å². The van der Waals surface area contributed by atoms with Crippen molar-refractivity contribution in [3.8, 4) is 5.88 Å². The average Bonchev–Trinajstić information content (AvgIpc) is 2.30. The molecule has 1 atom stereocenters. The molecule has 1 aliphatic rings. The van der Waals surface area contributed by atoms with Gasteiger partial charge in [0.15, 0.2) is 0 Å². The Morgan fingerprint density at radius 2 is 2.31 bits per heavy atom. The Bertz CT molecular complexity index is 373. The van der Waals surface area contributed by atoms with Crippen LogP contribution in [-0.4, -0.2) is 30.3 Å². The molecule has 16 heavy (non-hydrogen) atoms. The lowest BCUT2D eigenvalue weighted by atomic mass is 9.90. The maximum absolute atomic E-state index is 10.5. The molecule has 2 heterocycles. The van der Waals surface area contributed by atoms with E-state index in [1.165, 1.54) is 0 Å². The lowest BCUT2D eigenvalue weighted by Gasteiger charge is -2.32. The van der Waals surface area contributed by atoms with Crippen molar-refractivity contribution in [2.45, 2.75) is 25.4 Å². The first-order chi connectivity index (χ1) is 7.65. The summed E-state index contributed by atoms with van der Waals surface area (Å²) in [7, 11) is 1.60. The summed E-state index contributed by atoms with van der Waals surface area (Å²) in [5.74, 6) is 0.594. The summed E-state index contributed by atoms with van der Waals surface area (Å²) in [6, 6.07) is 3.82. The monoisotopic (exact) mass is 222 g/mol. The standard InChI is InChI=1S/C12H18N2O2/c1-9-4-5-10(14-11(9)16-2)12(15)6-3-7-13-8-12/h4-5,13,15H,3,6-8H2,1-2H3. The molecule has 4 nitrogen and oxygen atoms in total. The Balaban J connectivity index is 2.32. The van der Waals surface area contributed by atoms with Gasteiger partial charge in [0, 0.05) is 12.1 Å². The number of hydrogen-bond donors (Lipinski definition) is 2. The van der Waals surface area contributed by atoms with Crippen molar-refractivity contribution >= 4 is 0 Å². The molecule has 2 rings (SSSR count). The minimum Gasteiger partial charge on any atom is -0.481 e. The van der Waals surface area contributed by atoms with Crippen molar-refractivity contribution in [1.82, 2.24) is 10.3 Å². The number of methoxy groups -OCH3 is 1. The summed E-state index contributed by atoms with van der Waals surface area (Å²) in [6.07, 6.45) is 1.72. The second kappa shape index (κ2) is 4.39. The number of aliphatic hydroxyl groups is 1. The predicted octanol–water partition coefficient (Wildman–Crippen LogP) is 0.970. The molecule has 0 radical (unpaired) electrons. The Kier molecular flexibility index (Phi) is 3.12. The fourth-order valence-corrected chi connectivity index (χ4v) is 2.08. The van der Waals surface area contributed by atoms with Crippen molar-refractivity contribution in [2.24, 2.45) is 0 Å². The molecule has 0 aliphatic carbocycles. The molecule has 0 aromatic carbocycles. The van der Waals surface area contributed by atoms with Crippen LogP contribution in [0.3, 0.4) is 0 Å². The van der Waals surface area contributed by atoms with Crippen molar-refractivity contribution in [1.29, 1.82) is 0 Å². The van der Waals surface area contributed by atoms with Crippen molar-refractivity contribution in [2.75, 3.05) is 20.2 Å². The third kappa shape index (κ3) is 2.03. The molecule has 4 heteroatoms. The SMILES string of the molecule is COc1nc(C2(O)CCCNC2)ccc1C. The Hall–Kier alpha value is -1.13. The van der Waals surface area contributed by atoms with Crippen LogP contribution in [0.5, 0.6) is 5.88 Å². The highest BCUT2D eigenvalue weighted by Gasteiger charge is 2.32. The van der Waals surface area contributed by atoms with Gasteiger partial charge in [-0.25, -0.2) is 4.98 Å². The maximum Gasteiger partial charge on any atom is 0.216 e. The van der Waals surface area contributed by atoms with Crippen LogP contribution in [0.15, 0.2) is 12.1 Å². The molecule has 1 aromatic heterocycles. The number of nitrogens with one attached hydrogen (secondary N) is 1. The van der Waals surface area contributed by atoms with E-state index in [9.17, 15) is 5.11 Å². The molecule has 1 aliphatic heterocycles. The van der Waals surface area contributed by atoms with E-state index in [2.05, 4.69) is 10.3 Å². The van der Waals surface area contributed by atoms with Gasteiger partial charge in [-0.2, -0.15) is 0 Å². The van der Waals surface area contributed by atoms with Crippen molar-refractivity contribution < 1.29 is 9.84 Å². The zero-order valence-electron chi connectivity index (χ0n) is 9.79. The number of piperidine rings is 1. The Labute approximate surface area is 95.7 Å². The van der Waals surface area contributed by atoms with E-state index in [1.807, 2.05) is 19.1 Å². The van der Waals surface area contributed by atoms with E-state index in [0.717, 1.165) is 24.9 Å². The quantitative estimate of drug-likeness (QED) is 0.783. The molecule has 0 bridgehead atoms. The van der Waals surface area contributed by atoms with Crippen molar-refractivity contribution in [3.05, 3.63) is 23.4 Å². The molecule has 2 N–H and O–H groups in total. The second-order valence-electron chi connectivity index (χ2n) is 4.33. The van der Waals surface area contributed by atoms with Gasteiger partial charge in [0.25, 0.3) is 0 Å². The second-order valence-corrected chi connectivity index (χ2v) is 4.33. The number of hydrogen-bond acceptors (Lipinski definition) is 4. The lowest BCUT2D eigenvalue weighted by Crippen LogP contribution is -2.43. The minimum absolute atomic E-state index is 0.562. The van der Waals surface area contributed by atoms with Gasteiger partial charge in [-0.3, -0.25) is 0 Å². The molecular weight excluding hydrogens is 204 g/mol. The summed E-state index contributed by atoms with van der Waals surface area (Å²) in [4.78, 5) is 4.37. The topological polar surface area (TPSA) is 54.4 Å². The third-order valence-corrected chi connectivity index (χ3v) is 3.08. The smallest absolute Gasteiger partial charge is 0.216 e. The number of nitrogens with zero attached hydrogens (tertiary/aromatic N) is 1. The lowest BCUT2D eigenvalue weighted by molar-refractivity contribution is 0.00778. The first-order valence-electron chi connectivity index (χ1n) is 5.61. The predicted molar refractivity (Wildman–Crippen MR) is 61.5 cm³/mol. The maximum atomic E-state index is 10.5. The van der Waals surface area contributed by atoms with Crippen LogP contribution in [0.4, 0.5) is 0 Å². The normalized spacial score (nSPS) is 25.4. The van der Waals surface area contributed by atoms with Crippen LogP contribution in [-0.2, 0) is 5.60 Å². The number of ether oxygens (including phenoxy) is 1. The molecule has 1 aromatic rings. The molecule has 0 amide bonds. The Morgan fingerprint density at radius 1 is 1.50 bits per heavy atom. The van der Waals surface area contributed by atoms with Crippen LogP contribution >= 0.6 is 0 Å². The average molecular weight is 222 g/mol. The van der Waals surface area contributed by atoms with Crippen molar-refractivity contribution in [3.63, 3.8) is 0 Å². The number of aromatic nitrogens is 1. The van der Waals surface area contributed by atoms with Gasteiger partial charge < -0.3 is 15.2 Å². The van der Waals surface area contributed by atoms with Gasteiger partial charge in [-0.1, -0.05) is 6.07 Å². The van der Waals surface area contributed by atoms with Crippen LogP contribution in [0.25, 0.3) is 0 Å². The largest absolute Gasteiger partial charge is 0.481 e. The third-order valence-electron chi connectivity index (χ3n) is 3.08. The van der Waals surface area contributed by atoms with Gasteiger partial charge >= 0.3 is 0 Å². The number of rotatable bonds is 2. The van der Waals surface area contributed by atoms with Gasteiger partial charge in [-0.15, -0.1) is 0 Å². The molecular formula is C12H18N2O2. The summed E-state index contributed by atoms with van der Waals surface area (Å²) < 4.78 is 5.18. The van der Waals surface area contributed by atoms with Gasteiger partial charge in [0.05, 0.1) is 12.8 Å². The van der Waals surface area contributed by atoms with Crippen LogP contribution in [0.1, 0.15) is 24.1 Å². The molecule has 1 unspecified atom stereocenters. The van der Waals surface area contributed by atoms with Crippen LogP contribution < -0.4 is 10.1 Å². The number of β-amino-alcohol motifs (C(OH)–C–C–N with tert-alkyl or cyclic N) is 1. The van der Waals surface area contributed by atoms with Gasteiger partial charge in [0.1, 0.15) is 5.60 Å². The first kappa shape index (κ1) is 11.4. The highest BCUT2D eigenvalue weighted by atomic mass is 16.5. The van der Waals surface area contributed by atoms with E-state index in [0.29, 0.717) is 18.1 Å². The zero-order valence-corrected chi connectivity index (χ0v) is 9.79. The van der Waals surface area contributed by atoms with Crippen LogP contribution in [0, 0.1) is 6.92 Å². The fraction of sp³-hybridized carbons (Fsp3) is 0.583. The summed E-state index contributed by atoms with van der Waals surface area (Å²) in [6.45, 7) is 3.47. The molecule has 1 fully saturated rings. The van der Waals surface area contributed by atoms with E-state index >= 15 is 0 Å². The fourth-order valence-electron chi connectivity index (χ4n) is 2.08. The summed E-state index contributed by atoms with van der Waals surface area (Å²) in [5, 5.41) is 13.7.